The summed E-state index contributed by atoms with van der Waals surface area (Å²) in [7, 11) is 0. The fraction of sp³-hybridized carbons (Fsp3) is 0.636. The quantitative estimate of drug-likeness (QED) is 0.839. The molecule has 1 aromatic heterocycles. The number of halogens is 2. The Morgan fingerprint density at radius 2 is 1.82 bits per heavy atom. The minimum atomic E-state index is 0. The molecule has 6 heteroatoms. The van der Waals surface area contributed by atoms with Gasteiger partial charge in [-0.3, -0.25) is 0 Å². The number of rotatable bonds is 1. The Morgan fingerprint density at radius 1 is 1.18 bits per heavy atom. The Labute approximate surface area is 114 Å². The van der Waals surface area contributed by atoms with Gasteiger partial charge in [0.1, 0.15) is 12.1 Å². The molecule has 0 radical (unpaired) electrons. The van der Waals surface area contributed by atoms with Crippen LogP contribution in [0.1, 0.15) is 5.69 Å². The van der Waals surface area contributed by atoms with Crippen molar-refractivity contribution in [1.29, 1.82) is 0 Å². The zero-order valence-corrected chi connectivity index (χ0v) is 11.4. The van der Waals surface area contributed by atoms with Gasteiger partial charge in [-0.05, 0) is 18.8 Å². The predicted molar refractivity (Wildman–Crippen MR) is 73.3 cm³/mol. The van der Waals surface area contributed by atoms with Crippen LogP contribution in [0.5, 0.6) is 0 Å². The lowest BCUT2D eigenvalue weighted by Crippen LogP contribution is -2.26. The molecule has 0 bridgehead atoms. The lowest BCUT2D eigenvalue weighted by atomic mass is 10.0. The maximum Gasteiger partial charge on any atom is 0.132 e. The number of hydrogen-bond donors (Lipinski definition) is 1. The molecule has 3 heterocycles. The van der Waals surface area contributed by atoms with E-state index in [1.165, 1.54) is 13.1 Å². The Kier molecular flexibility index (Phi) is 4.98. The third kappa shape index (κ3) is 2.81. The van der Waals surface area contributed by atoms with Crippen molar-refractivity contribution in [3.63, 3.8) is 0 Å². The highest BCUT2D eigenvalue weighted by Gasteiger charge is 2.36. The van der Waals surface area contributed by atoms with E-state index in [9.17, 15) is 0 Å². The summed E-state index contributed by atoms with van der Waals surface area (Å²) in [6.07, 6.45) is 1.66. The lowest BCUT2D eigenvalue weighted by Gasteiger charge is -2.18. The second-order valence-corrected chi connectivity index (χ2v) is 4.60. The van der Waals surface area contributed by atoms with E-state index in [0.717, 1.165) is 36.4 Å². The molecule has 3 rings (SSSR count). The first kappa shape index (κ1) is 14.5. The number of nitrogens with zero attached hydrogens (tertiary/aromatic N) is 3. The van der Waals surface area contributed by atoms with Gasteiger partial charge in [0.15, 0.2) is 0 Å². The van der Waals surface area contributed by atoms with Crippen LogP contribution in [0.3, 0.4) is 0 Å². The first-order chi connectivity index (χ1) is 7.33. The Morgan fingerprint density at radius 3 is 2.41 bits per heavy atom. The maximum absolute atomic E-state index is 4.34. The van der Waals surface area contributed by atoms with Crippen LogP contribution in [-0.2, 0) is 0 Å². The molecule has 4 nitrogen and oxygen atoms in total. The van der Waals surface area contributed by atoms with Gasteiger partial charge in [0.05, 0.1) is 0 Å². The zero-order valence-electron chi connectivity index (χ0n) is 9.80. The van der Waals surface area contributed by atoms with Crippen molar-refractivity contribution < 1.29 is 0 Å². The molecule has 0 saturated carbocycles. The third-order valence-electron chi connectivity index (χ3n) is 3.50. The summed E-state index contributed by atoms with van der Waals surface area (Å²) in [6, 6.07) is 2.08. The smallest absolute Gasteiger partial charge is 0.132 e. The summed E-state index contributed by atoms with van der Waals surface area (Å²) in [5, 5.41) is 3.45. The van der Waals surface area contributed by atoms with Gasteiger partial charge in [-0.1, -0.05) is 0 Å². The first-order valence-corrected chi connectivity index (χ1v) is 5.57. The lowest BCUT2D eigenvalue weighted by molar-refractivity contribution is 0.533. The van der Waals surface area contributed by atoms with E-state index in [0.29, 0.717) is 0 Å². The van der Waals surface area contributed by atoms with Gasteiger partial charge < -0.3 is 10.2 Å². The van der Waals surface area contributed by atoms with Crippen LogP contribution in [0, 0.1) is 18.8 Å². The average Bonchev–Trinajstić information content (AvgIpc) is 2.76. The highest BCUT2D eigenvalue weighted by Crippen LogP contribution is 2.29. The average molecular weight is 277 g/mol. The van der Waals surface area contributed by atoms with Gasteiger partial charge in [0.25, 0.3) is 0 Å². The van der Waals surface area contributed by atoms with Crippen molar-refractivity contribution >= 4 is 30.6 Å². The number of aromatic nitrogens is 2. The predicted octanol–water partition coefficient (Wildman–Crippen LogP) is 1.28. The van der Waals surface area contributed by atoms with Crippen molar-refractivity contribution in [1.82, 2.24) is 15.3 Å². The van der Waals surface area contributed by atoms with Crippen LogP contribution in [0.15, 0.2) is 12.4 Å². The monoisotopic (exact) mass is 276 g/mol. The van der Waals surface area contributed by atoms with Gasteiger partial charge in [0, 0.05) is 37.9 Å². The maximum atomic E-state index is 4.34. The summed E-state index contributed by atoms with van der Waals surface area (Å²) in [4.78, 5) is 10.9. The fourth-order valence-corrected chi connectivity index (χ4v) is 2.66. The number of nitrogens with one attached hydrogen (secondary N) is 1. The highest BCUT2D eigenvalue weighted by atomic mass is 35.5. The molecular weight excluding hydrogens is 259 g/mol. The van der Waals surface area contributed by atoms with Gasteiger partial charge in [0.2, 0.25) is 0 Å². The van der Waals surface area contributed by atoms with E-state index < -0.39 is 0 Å². The van der Waals surface area contributed by atoms with Crippen LogP contribution >= 0.6 is 24.8 Å². The van der Waals surface area contributed by atoms with Crippen molar-refractivity contribution in [3.8, 4) is 0 Å². The van der Waals surface area contributed by atoms with Crippen molar-refractivity contribution in [2.24, 2.45) is 11.8 Å². The molecule has 2 unspecified atom stereocenters. The SMILES string of the molecule is Cc1cc(N2CC3CNCC3C2)ncn1.Cl.Cl. The first-order valence-electron chi connectivity index (χ1n) is 5.57. The number of hydrogen-bond acceptors (Lipinski definition) is 4. The summed E-state index contributed by atoms with van der Waals surface area (Å²) < 4.78 is 0. The molecule has 1 aromatic rings. The molecule has 17 heavy (non-hydrogen) atoms. The summed E-state index contributed by atoms with van der Waals surface area (Å²) >= 11 is 0. The summed E-state index contributed by atoms with van der Waals surface area (Å²) in [5.74, 6) is 2.73. The molecule has 0 aliphatic carbocycles. The second-order valence-electron chi connectivity index (χ2n) is 4.60. The Bertz CT molecular complexity index is 362. The van der Waals surface area contributed by atoms with E-state index >= 15 is 0 Å². The molecule has 2 aliphatic rings. The molecule has 0 amide bonds. The van der Waals surface area contributed by atoms with Gasteiger partial charge in [-0.2, -0.15) is 0 Å². The fourth-order valence-electron chi connectivity index (χ4n) is 2.66. The molecule has 2 fully saturated rings. The van der Waals surface area contributed by atoms with Gasteiger partial charge >= 0.3 is 0 Å². The van der Waals surface area contributed by atoms with Crippen molar-refractivity contribution in [3.05, 3.63) is 18.1 Å². The topological polar surface area (TPSA) is 41.0 Å². The van der Waals surface area contributed by atoms with E-state index in [1.807, 2.05) is 6.92 Å². The van der Waals surface area contributed by atoms with Crippen LogP contribution in [0.25, 0.3) is 0 Å². The summed E-state index contributed by atoms with van der Waals surface area (Å²) in [5.41, 5.74) is 1.05. The van der Waals surface area contributed by atoms with E-state index in [-0.39, 0.29) is 24.8 Å². The standard InChI is InChI=1S/C11H16N4.2ClH/c1-8-2-11(14-7-13-8)15-5-9-3-12-4-10(9)6-15;;/h2,7,9-10,12H,3-6H2,1H3;2*1H. The molecule has 96 valence electrons. The second kappa shape index (κ2) is 5.85. The van der Waals surface area contributed by atoms with E-state index in [4.69, 9.17) is 0 Å². The van der Waals surface area contributed by atoms with Crippen LogP contribution in [0.2, 0.25) is 0 Å². The van der Waals surface area contributed by atoms with Crippen LogP contribution < -0.4 is 10.2 Å². The van der Waals surface area contributed by atoms with Gasteiger partial charge in [-0.25, -0.2) is 9.97 Å². The number of anilines is 1. The van der Waals surface area contributed by atoms with Gasteiger partial charge in [-0.15, -0.1) is 24.8 Å². The van der Waals surface area contributed by atoms with Crippen LogP contribution in [0.4, 0.5) is 5.82 Å². The molecule has 2 aliphatic heterocycles. The van der Waals surface area contributed by atoms with Crippen molar-refractivity contribution in [2.75, 3.05) is 31.1 Å². The molecule has 0 aromatic carbocycles. The normalized spacial score (nSPS) is 26.1. The highest BCUT2D eigenvalue weighted by molar-refractivity contribution is 5.85. The molecule has 1 N–H and O–H groups in total. The summed E-state index contributed by atoms with van der Waals surface area (Å²) in [6.45, 7) is 6.66. The minimum absolute atomic E-state index is 0. The number of fused-ring (bicyclic) bond motifs is 1. The minimum Gasteiger partial charge on any atom is -0.356 e. The van der Waals surface area contributed by atoms with E-state index in [1.54, 1.807) is 6.33 Å². The molecule has 2 atom stereocenters. The Balaban J connectivity index is 0.000000722. The molecule has 2 saturated heterocycles. The largest absolute Gasteiger partial charge is 0.356 e. The third-order valence-corrected chi connectivity index (χ3v) is 3.50. The van der Waals surface area contributed by atoms with Crippen LogP contribution in [-0.4, -0.2) is 36.1 Å². The molecular formula is C11H18Cl2N4. The number of aryl methyl sites for hydroxylation is 1. The zero-order chi connectivity index (χ0) is 10.3. The Hall–Kier alpha value is -0.580. The van der Waals surface area contributed by atoms with Crippen molar-refractivity contribution in [2.45, 2.75) is 6.92 Å². The molecule has 0 spiro atoms. The van der Waals surface area contributed by atoms with E-state index in [2.05, 4.69) is 26.3 Å².